The highest BCUT2D eigenvalue weighted by Crippen LogP contribution is 2.30. The van der Waals surface area contributed by atoms with Crippen molar-refractivity contribution in [1.29, 1.82) is 0 Å². The maximum absolute atomic E-state index is 12.6. The van der Waals surface area contributed by atoms with E-state index in [-0.39, 0.29) is 5.92 Å². The van der Waals surface area contributed by atoms with E-state index in [9.17, 15) is 13.2 Å². The lowest BCUT2D eigenvalue weighted by Gasteiger charge is -2.28. The fourth-order valence-electron chi connectivity index (χ4n) is 2.72. The Balaban J connectivity index is 1.83. The molecular formula is C14H17NO4S. The SMILES string of the molecule is O=CC1CCN(S(=O)(=O)c2ccc3c(c2)CCO3)CC1. The van der Waals surface area contributed by atoms with E-state index in [2.05, 4.69) is 0 Å². The van der Waals surface area contributed by atoms with Crippen LogP contribution in [-0.4, -0.2) is 38.7 Å². The Labute approximate surface area is 118 Å². The number of ether oxygens (including phenoxy) is 1. The molecule has 2 aliphatic heterocycles. The fraction of sp³-hybridized carbons (Fsp3) is 0.500. The van der Waals surface area contributed by atoms with Gasteiger partial charge in [0.1, 0.15) is 12.0 Å². The molecule has 5 nitrogen and oxygen atoms in total. The molecule has 0 bridgehead atoms. The maximum atomic E-state index is 12.6. The van der Waals surface area contributed by atoms with E-state index in [0.717, 1.165) is 24.0 Å². The molecule has 0 aliphatic carbocycles. The maximum Gasteiger partial charge on any atom is 0.243 e. The van der Waals surface area contributed by atoms with E-state index < -0.39 is 10.0 Å². The van der Waals surface area contributed by atoms with Crippen molar-refractivity contribution in [3.05, 3.63) is 23.8 Å². The van der Waals surface area contributed by atoms with Gasteiger partial charge in [0, 0.05) is 25.4 Å². The van der Waals surface area contributed by atoms with Gasteiger partial charge in [0.05, 0.1) is 11.5 Å². The van der Waals surface area contributed by atoms with Gasteiger partial charge in [-0.25, -0.2) is 8.42 Å². The van der Waals surface area contributed by atoms with Crippen LogP contribution < -0.4 is 4.74 Å². The van der Waals surface area contributed by atoms with Crippen LogP contribution in [0.5, 0.6) is 5.75 Å². The zero-order valence-electron chi connectivity index (χ0n) is 11.1. The normalized spacial score (nSPS) is 20.4. The second kappa shape index (κ2) is 5.18. The number of hydrogen-bond acceptors (Lipinski definition) is 4. The van der Waals surface area contributed by atoms with E-state index >= 15 is 0 Å². The molecule has 1 saturated heterocycles. The smallest absolute Gasteiger partial charge is 0.243 e. The third-order valence-corrected chi connectivity index (χ3v) is 5.88. The topological polar surface area (TPSA) is 63.7 Å². The second-order valence-electron chi connectivity index (χ2n) is 5.25. The summed E-state index contributed by atoms with van der Waals surface area (Å²) in [5, 5.41) is 0. The van der Waals surface area contributed by atoms with Crippen molar-refractivity contribution in [2.75, 3.05) is 19.7 Å². The molecule has 1 aromatic carbocycles. The number of carbonyl (C=O) groups excluding carboxylic acids is 1. The molecule has 2 heterocycles. The molecule has 0 radical (unpaired) electrons. The quantitative estimate of drug-likeness (QED) is 0.787. The average Bonchev–Trinajstić information content (AvgIpc) is 2.94. The van der Waals surface area contributed by atoms with Crippen molar-refractivity contribution in [2.45, 2.75) is 24.2 Å². The lowest BCUT2D eigenvalue weighted by Crippen LogP contribution is -2.38. The minimum absolute atomic E-state index is 0.00475. The standard InChI is InChI=1S/C14H17NO4S/c16-10-11-3-6-15(7-4-11)20(17,18)13-1-2-14-12(9-13)5-8-19-14/h1-2,9-11H,3-8H2. The van der Waals surface area contributed by atoms with Gasteiger partial charge in [-0.1, -0.05) is 0 Å². The van der Waals surface area contributed by atoms with Crippen molar-refractivity contribution < 1.29 is 17.9 Å². The molecule has 1 aromatic rings. The number of sulfonamides is 1. The first-order valence-electron chi connectivity index (χ1n) is 6.82. The van der Waals surface area contributed by atoms with Gasteiger partial charge in [-0.2, -0.15) is 4.31 Å². The number of nitrogens with zero attached hydrogens (tertiary/aromatic N) is 1. The van der Waals surface area contributed by atoms with E-state index in [1.807, 2.05) is 0 Å². The minimum atomic E-state index is -3.45. The van der Waals surface area contributed by atoms with Crippen LogP contribution >= 0.6 is 0 Å². The Morgan fingerprint density at radius 1 is 1.25 bits per heavy atom. The van der Waals surface area contributed by atoms with Crippen LogP contribution in [0.2, 0.25) is 0 Å². The molecule has 3 rings (SSSR count). The second-order valence-corrected chi connectivity index (χ2v) is 7.18. The highest BCUT2D eigenvalue weighted by Gasteiger charge is 2.30. The molecule has 0 atom stereocenters. The first-order chi connectivity index (χ1) is 9.61. The largest absolute Gasteiger partial charge is 0.493 e. The number of fused-ring (bicyclic) bond motifs is 1. The third kappa shape index (κ3) is 2.33. The first kappa shape index (κ1) is 13.6. The molecular weight excluding hydrogens is 278 g/mol. The number of piperidine rings is 1. The summed E-state index contributed by atoms with van der Waals surface area (Å²) in [4.78, 5) is 11.1. The lowest BCUT2D eigenvalue weighted by molar-refractivity contribution is -0.112. The molecule has 2 aliphatic rings. The van der Waals surface area contributed by atoms with E-state index in [1.54, 1.807) is 18.2 Å². The molecule has 20 heavy (non-hydrogen) atoms. The summed E-state index contributed by atoms with van der Waals surface area (Å²) in [5.41, 5.74) is 0.953. The summed E-state index contributed by atoms with van der Waals surface area (Å²) >= 11 is 0. The van der Waals surface area contributed by atoms with Gasteiger partial charge >= 0.3 is 0 Å². The summed E-state index contributed by atoms with van der Waals surface area (Å²) in [6, 6.07) is 5.04. The Hall–Kier alpha value is -1.40. The predicted molar refractivity (Wildman–Crippen MR) is 73.2 cm³/mol. The predicted octanol–water partition coefficient (Wildman–Crippen LogP) is 1.22. The molecule has 0 unspecified atom stereocenters. The third-order valence-electron chi connectivity index (χ3n) is 3.99. The molecule has 0 N–H and O–H groups in total. The Morgan fingerprint density at radius 3 is 2.70 bits per heavy atom. The van der Waals surface area contributed by atoms with E-state index in [4.69, 9.17) is 4.74 Å². The summed E-state index contributed by atoms with van der Waals surface area (Å²) in [6.07, 6.45) is 2.90. The molecule has 0 amide bonds. The minimum Gasteiger partial charge on any atom is -0.493 e. The zero-order chi connectivity index (χ0) is 14.2. The van der Waals surface area contributed by atoms with Crippen LogP contribution in [0.4, 0.5) is 0 Å². The lowest BCUT2D eigenvalue weighted by atomic mass is 10.0. The Morgan fingerprint density at radius 2 is 2.00 bits per heavy atom. The van der Waals surface area contributed by atoms with Crippen molar-refractivity contribution in [3.63, 3.8) is 0 Å². The fourth-order valence-corrected chi connectivity index (χ4v) is 4.25. The van der Waals surface area contributed by atoms with Crippen LogP contribution in [0.15, 0.2) is 23.1 Å². The highest BCUT2D eigenvalue weighted by molar-refractivity contribution is 7.89. The summed E-state index contributed by atoms with van der Waals surface area (Å²) in [5.74, 6) is 0.776. The molecule has 0 aromatic heterocycles. The number of hydrogen-bond donors (Lipinski definition) is 0. The molecule has 0 spiro atoms. The van der Waals surface area contributed by atoms with Crippen molar-refractivity contribution >= 4 is 16.3 Å². The number of carbonyl (C=O) groups is 1. The van der Waals surface area contributed by atoms with Gasteiger partial charge in [-0.3, -0.25) is 0 Å². The molecule has 1 fully saturated rings. The Bertz CT molecular complexity index is 618. The summed E-state index contributed by atoms with van der Waals surface area (Å²) < 4.78 is 32.0. The number of benzene rings is 1. The zero-order valence-corrected chi connectivity index (χ0v) is 11.9. The van der Waals surface area contributed by atoms with Gasteiger partial charge in [-0.15, -0.1) is 0 Å². The van der Waals surface area contributed by atoms with Crippen LogP contribution in [0.25, 0.3) is 0 Å². The van der Waals surface area contributed by atoms with Gasteiger partial charge in [0.15, 0.2) is 0 Å². The summed E-state index contributed by atoms with van der Waals surface area (Å²) in [6.45, 7) is 1.45. The highest BCUT2D eigenvalue weighted by atomic mass is 32.2. The van der Waals surface area contributed by atoms with Gasteiger partial charge in [0.2, 0.25) is 10.0 Å². The number of aldehydes is 1. The van der Waals surface area contributed by atoms with Crippen LogP contribution in [0.3, 0.4) is 0 Å². The monoisotopic (exact) mass is 295 g/mol. The molecule has 6 heteroatoms. The molecule has 108 valence electrons. The van der Waals surface area contributed by atoms with Crippen LogP contribution in [0.1, 0.15) is 18.4 Å². The molecule has 0 saturated carbocycles. The first-order valence-corrected chi connectivity index (χ1v) is 8.26. The van der Waals surface area contributed by atoms with E-state index in [1.165, 1.54) is 4.31 Å². The van der Waals surface area contributed by atoms with Gasteiger partial charge < -0.3 is 9.53 Å². The van der Waals surface area contributed by atoms with Gasteiger partial charge in [-0.05, 0) is 36.6 Å². The van der Waals surface area contributed by atoms with Crippen LogP contribution in [0, 0.1) is 5.92 Å². The number of rotatable bonds is 3. The van der Waals surface area contributed by atoms with Crippen LogP contribution in [-0.2, 0) is 21.2 Å². The van der Waals surface area contributed by atoms with Crippen molar-refractivity contribution in [1.82, 2.24) is 4.31 Å². The Kier molecular flexibility index (Phi) is 3.52. The summed E-state index contributed by atoms with van der Waals surface area (Å²) in [7, 11) is -3.45. The van der Waals surface area contributed by atoms with E-state index in [0.29, 0.717) is 37.4 Å². The van der Waals surface area contributed by atoms with Crippen molar-refractivity contribution in [3.8, 4) is 5.75 Å². The van der Waals surface area contributed by atoms with Gasteiger partial charge in [0.25, 0.3) is 0 Å². The average molecular weight is 295 g/mol. The van der Waals surface area contributed by atoms with Crippen molar-refractivity contribution in [2.24, 2.45) is 5.92 Å².